The molecule has 94 valence electrons. The molecule has 1 aromatic rings. The summed E-state index contributed by atoms with van der Waals surface area (Å²) < 4.78 is 0. The Morgan fingerprint density at radius 1 is 1.47 bits per heavy atom. The molecule has 2 N–H and O–H groups in total. The molecular formula is C13H19ClN2O. The van der Waals surface area contributed by atoms with Crippen molar-refractivity contribution in [3.05, 3.63) is 28.8 Å². The molecule has 1 atom stereocenters. The van der Waals surface area contributed by atoms with Crippen molar-refractivity contribution in [1.29, 1.82) is 0 Å². The Morgan fingerprint density at radius 2 is 2.12 bits per heavy atom. The molecule has 0 saturated heterocycles. The van der Waals surface area contributed by atoms with Crippen molar-refractivity contribution in [2.45, 2.75) is 33.2 Å². The average molecular weight is 255 g/mol. The molecule has 0 heterocycles. The van der Waals surface area contributed by atoms with Gasteiger partial charge in [-0.3, -0.25) is 4.79 Å². The largest absolute Gasteiger partial charge is 0.398 e. The van der Waals surface area contributed by atoms with Gasteiger partial charge in [0, 0.05) is 12.6 Å². The lowest BCUT2D eigenvalue weighted by molar-refractivity contribution is 0.0700. The molecule has 1 unspecified atom stereocenters. The lowest BCUT2D eigenvalue weighted by Gasteiger charge is -2.27. The maximum atomic E-state index is 12.3. The Morgan fingerprint density at radius 3 is 2.65 bits per heavy atom. The minimum Gasteiger partial charge on any atom is -0.398 e. The molecule has 0 radical (unpaired) electrons. The van der Waals surface area contributed by atoms with Gasteiger partial charge in [0.05, 0.1) is 16.3 Å². The minimum atomic E-state index is -0.0563. The van der Waals surface area contributed by atoms with Gasteiger partial charge in [-0.25, -0.2) is 0 Å². The molecule has 0 aliphatic heterocycles. The zero-order valence-electron chi connectivity index (χ0n) is 10.5. The van der Waals surface area contributed by atoms with Crippen LogP contribution in [0.2, 0.25) is 5.02 Å². The first-order valence-electron chi connectivity index (χ1n) is 5.87. The molecular weight excluding hydrogens is 236 g/mol. The highest BCUT2D eigenvalue weighted by Gasteiger charge is 2.21. The molecule has 17 heavy (non-hydrogen) atoms. The summed E-state index contributed by atoms with van der Waals surface area (Å²) in [5.41, 5.74) is 6.63. The maximum Gasteiger partial charge on any atom is 0.255 e. The number of benzene rings is 1. The van der Waals surface area contributed by atoms with Gasteiger partial charge in [-0.1, -0.05) is 24.6 Å². The number of halogens is 1. The fourth-order valence-electron chi connectivity index (χ4n) is 1.75. The first-order valence-corrected chi connectivity index (χ1v) is 6.25. The van der Waals surface area contributed by atoms with Crippen LogP contribution in [-0.4, -0.2) is 23.4 Å². The highest BCUT2D eigenvalue weighted by Crippen LogP contribution is 2.25. The van der Waals surface area contributed by atoms with Gasteiger partial charge in [0.1, 0.15) is 0 Å². The zero-order chi connectivity index (χ0) is 13.0. The third-order valence-corrected chi connectivity index (χ3v) is 3.41. The molecule has 0 aliphatic carbocycles. The Kier molecular flexibility index (Phi) is 4.82. The van der Waals surface area contributed by atoms with Crippen molar-refractivity contribution in [2.24, 2.45) is 0 Å². The van der Waals surface area contributed by atoms with Crippen molar-refractivity contribution in [3.63, 3.8) is 0 Å². The van der Waals surface area contributed by atoms with Crippen LogP contribution in [0.4, 0.5) is 5.69 Å². The van der Waals surface area contributed by atoms with Crippen LogP contribution in [0.3, 0.4) is 0 Å². The van der Waals surface area contributed by atoms with Gasteiger partial charge in [0.2, 0.25) is 0 Å². The molecule has 4 heteroatoms. The summed E-state index contributed by atoms with van der Waals surface area (Å²) in [6.07, 6.45) is 0.916. The molecule has 0 spiro atoms. The second kappa shape index (κ2) is 5.92. The SMILES string of the molecule is CCC(C)N(CC)C(=O)c1cccc(N)c1Cl. The van der Waals surface area contributed by atoms with E-state index in [9.17, 15) is 4.79 Å². The summed E-state index contributed by atoms with van der Waals surface area (Å²) in [7, 11) is 0. The van der Waals surface area contributed by atoms with Gasteiger partial charge in [-0.15, -0.1) is 0 Å². The van der Waals surface area contributed by atoms with E-state index in [-0.39, 0.29) is 11.9 Å². The van der Waals surface area contributed by atoms with Crippen LogP contribution in [0.15, 0.2) is 18.2 Å². The maximum absolute atomic E-state index is 12.3. The van der Waals surface area contributed by atoms with Crippen LogP contribution in [0.5, 0.6) is 0 Å². The van der Waals surface area contributed by atoms with Gasteiger partial charge in [-0.2, -0.15) is 0 Å². The number of amides is 1. The van der Waals surface area contributed by atoms with E-state index in [0.29, 0.717) is 22.8 Å². The summed E-state index contributed by atoms with van der Waals surface area (Å²) >= 11 is 6.06. The molecule has 0 bridgehead atoms. The number of hydrogen-bond donors (Lipinski definition) is 1. The Balaban J connectivity index is 3.06. The monoisotopic (exact) mass is 254 g/mol. The fraction of sp³-hybridized carbons (Fsp3) is 0.462. The Hall–Kier alpha value is -1.22. The molecule has 1 aromatic carbocycles. The summed E-state index contributed by atoms with van der Waals surface area (Å²) in [6.45, 7) is 6.71. The highest BCUT2D eigenvalue weighted by atomic mass is 35.5. The number of hydrogen-bond acceptors (Lipinski definition) is 2. The smallest absolute Gasteiger partial charge is 0.255 e. The van der Waals surface area contributed by atoms with Crippen LogP contribution in [-0.2, 0) is 0 Å². The van der Waals surface area contributed by atoms with Crippen molar-refractivity contribution in [3.8, 4) is 0 Å². The predicted octanol–water partition coefficient (Wildman–Crippen LogP) is 3.18. The van der Waals surface area contributed by atoms with E-state index in [1.165, 1.54) is 0 Å². The molecule has 1 amide bonds. The third kappa shape index (κ3) is 2.91. The normalized spacial score (nSPS) is 12.2. The summed E-state index contributed by atoms with van der Waals surface area (Å²) in [5.74, 6) is -0.0563. The van der Waals surface area contributed by atoms with E-state index in [2.05, 4.69) is 6.92 Å². The second-order valence-electron chi connectivity index (χ2n) is 4.06. The van der Waals surface area contributed by atoms with Gasteiger partial charge in [0.25, 0.3) is 5.91 Å². The predicted molar refractivity (Wildman–Crippen MR) is 72.3 cm³/mol. The number of carbonyl (C=O) groups excluding carboxylic acids is 1. The number of nitrogens with zero attached hydrogens (tertiary/aromatic N) is 1. The van der Waals surface area contributed by atoms with Crippen molar-refractivity contribution in [1.82, 2.24) is 4.90 Å². The van der Waals surface area contributed by atoms with Crippen LogP contribution < -0.4 is 5.73 Å². The summed E-state index contributed by atoms with van der Waals surface area (Å²) in [5, 5.41) is 0.347. The lowest BCUT2D eigenvalue weighted by Crippen LogP contribution is -2.38. The minimum absolute atomic E-state index is 0.0563. The third-order valence-electron chi connectivity index (χ3n) is 2.98. The molecule has 0 fully saturated rings. The zero-order valence-corrected chi connectivity index (χ0v) is 11.3. The molecule has 3 nitrogen and oxygen atoms in total. The molecule has 1 rings (SSSR count). The van der Waals surface area contributed by atoms with Crippen molar-refractivity contribution >= 4 is 23.2 Å². The molecule has 0 aromatic heterocycles. The lowest BCUT2D eigenvalue weighted by atomic mass is 10.1. The van der Waals surface area contributed by atoms with Crippen LogP contribution in [0, 0.1) is 0 Å². The van der Waals surface area contributed by atoms with Crippen molar-refractivity contribution < 1.29 is 4.79 Å². The van der Waals surface area contributed by atoms with E-state index in [0.717, 1.165) is 6.42 Å². The number of anilines is 1. The fourth-order valence-corrected chi connectivity index (χ4v) is 1.95. The van der Waals surface area contributed by atoms with Crippen LogP contribution in [0.25, 0.3) is 0 Å². The second-order valence-corrected chi connectivity index (χ2v) is 4.44. The quantitative estimate of drug-likeness (QED) is 0.839. The first-order chi connectivity index (χ1) is 8.02. The Labute approximate surface area is 108 Å². The van der Waals surface area contributed by atoms with Crippen LogP contribution >= 0.6 is 11.6 Å². The summed E-state index contributed by atoms with van der Waals surface area (Å²) in [4.78, 5) is 14.1. The van der Waals surface area contributed by atoms with Gasteiger partial charge in [0.15, 0.2) is 0 Å². The van der Waals surface area contributed by atoms with Crippen LogP contribution in [0.1, 0.15) is 37.6 Å². The molecule has 0 aliphatic rings. The van der Waals surface area contributed by atoms with E-state index >= 15 is 0 Å². The topological polar surface area (TPSA) is 46.3 Å². The Bertz CT molecular complexity index is 406. The number of nitrogens with two attached hydrogens (primary N) is 1. The van der Waals surface area contributed by atoms with E-state index in [1.54, 1.807) is 23.1 Å². The number of rotatable bonds is 4. The highest BCUT2D eigenvalue weighted by molar-refractivity contribution is 6.36. The summed E-state index contributed by atoms with van der Waals surface area (Å²) in [6, 6.07) is 5.36. The van der Waals surface area contributed by atoms with E-state index in [1.807, 2.05) is 13.8 Å². The van der Waals surface area contributed by atoms with E-state index in [4.69, 9.17) is 17.3 Å². The first kappa shape index (κ1) is 13.8. The number of nitrogen functional groups attached to an aromatic ring is 1. The van der Waals surface area contributed by atoms with Crippen molar-refractivity contribution in [2.75, 3.05) is 12.3 Å². The van der Waals surface area contributed by atoms with Gasteiger partial charge in [-0.05, 0) is 32.4 Å². The number of carbonyl (C=O) groups is 1. The standard InChI is InChI=1S/C13H19ClN2O/c1-4-9(3)16(5-2)13(17)10-7-6-8-11(15)12(10)14/h6-9H,4-5,15H2,1-3H3. The average Bonchev–Trinajstić information content (AvgIpc) is 2.33. The molecule has 0 saturated carbocycles. The van der Waals surface area contributed by atoms with E-state index < -0.39 is 0 Å². The van der Waals surface area contributed by atoms with Gasteiger partial charge >= 0.3 is 0 Å². The van der Waals surface area contributed by atoms with Gasteiger partial charge < -0.3 is 10.6 Å².